The number of aromatic nitrogens is 1. The van der Waals surface area contributed by atoms with Gasteiger partial charge in [0.2, 0.25) is 5.69 Å². The van der Waals surface area contributed by atoms with Gasteiger partial charge in [-0.1, -0.05) is 6.07 Å². The molecule has 0 amide bonds. The number of aryl methyl sites for hydroxylation is 1. The molecule has 22 heavy (non-hydrogen) atoms. The Bertz CT molecular complexity index is 733. The zero-order chi connectivity index (χ0) is 15.9. The minimum absolute atomic E-state index is 0.346. The van der Waals surface area contributed by atoms with Gasteiger partial charge in [-0.15, -0.1) is 0 Å². The van der Waals surface area contributed by atoms with E-state index < -0.39 is 0 Å². The van der Waals surface area contributed by atoms with Gasteiger partial charge in [0.25, 0.3) is 0 Å². The highest BCUT2D eigenvalue weighted by Gasteiger charge is 2.27. The lowest BCUT2D eigenvalue weighted by Crippen LogP contribution is -2.35. The molecule has 3 nitrogen and oxygen atoms in total. The van der Waals surface area contributed by atoms with E-state index in [-0.39, 0.29) is 0 Å². The van der Waals surface area contributed by atoms with E-state index in [4.69, 9.17) is 0 Å². The standard InChI is InChI=1S/C19H24N3/c1-14-13-21(5)16(3)22(14)18-11-8-9-17(15(18)2)19-10-6-7-12-20(19)4/h6-13,16H,1-5H3/q+1/t16-/m0/s1. The fraction of sp³-hybridized carbons (Fsp3) is 0.316. The first kappa shape index (κ1) is 14.6. The van der Waals surface area contributed by atoms with Crippen LogP contribution >= 0.6 is 0 Å². The summed E-state index contributed by atoms with van der Waals surface area (Å²) in [4.78, 5) is 4.66. The van der Waals surface area contributed by atoms with Gasteiger partial charge in [0.1, 0.15) is 13.2 Å². The van der Waals surface area contributed by atoms with Gasteiger partial charge in [-0.2, -0.15) is 0 Å². The molecule has 1 atom stereocenters. The van der Waals surface area contributed by atoms with Gasteiger partial charge in [0.05, 0.1) is 5.56 Å². The molecule has 0 bridgehead atoms. The molecular weight excluding hydrogens is 270 g/mol. The third kappa shape index (κ3) is 2.27. The first-order valence-electron chi connectivity index (χ1n) is 7.75. The average molecular weight is 294 g/mol. The quantitative estimate of drug-likeness (QED) is 0.785. The van der Waals surface area contributed by atoms with Crippen molar-refractivity contribution in [2.45, 2.75) is 26.9 Å². The third-order valence-electron chi connectivity index (χ3n) is 4.63. The Hall–Kier alpha value is -2.29. The van der Waals surface area contributed by atoms with Gasteiger partial charge in [0, 0.05) is 36.8 Å². The Morgan fingerprint density at radius 1 is 1.05 bits per heavy atom. The molecule has 0 radical (unpaired) electrons. The van der Waals surface area contributed by atoms with Crippen LogP contribution in [0.1, 0.15) is 19.4 Å². The van der Waals surface area contributed by atoms with Crippen molar-refractivity contribution < 1.29 is 4.57 Å². The molecule has 0 N–H and O–H groups in total. The van der Waals surface area contributed by atoms with Gasteiger partial charge in [0.15, 0.2) is 6.20 Å². The Kier molecular flexibility index (Phi) is 3.65. The summed E-state index contributed by atoms with van der Waals surface area (Å²) < 4.78 is 2.17. The summed E-state index contributed by atoms with van der Waals surface area (Å²) in [7, 11) is 4.23. The minimum Gasteiger partial charge on any atom is -0.359 e. The number of pyridine rings is 1. The van der Waals surface area contributed by atoms with Crippen LogP contribution in [0.2, 0.25) is 0 Å². The molecule has 1 aromatic carbocycles. The van der Waals surface area contributed by atoms with E-state index in [1.165, 1.54) is 28.2 Å². The molecule has 1 aliphatic heterocycles. The maximum Gasteiger partial charge on any atom is 0.212 e. The van der Waals surface area contributed by atoms with Crippen LogP contribution in [0.15, 0.2) is 54.5 Å². The molecule has 0 spiro atoms. The first-order valence-corrected chi connectivity index (χ1v) is 7.75. The van der Waals surface area contributed by atoms with Gasteiger partial charge >= 0.3 is 0 Å². The summed E-state index contributed by atoms with van der Waals surface area (Å²) in [5.74, 6) is 0. The maximum atomic E-state index is 2.40. The van der Waals surface area contributed by atoms with Crippen LogP contribution in [0.3, 0.4) is 0 Å². The molecule has 2 heterocycles. The summed E-state index contributed by atoms with van der Waals surface area (Å²) in [6, 6.07) is 12.9. The topological polar surface area (TPSA) is 10.4 Å². The second kappa shape index (κ2) is 5.48. The number of allylic oxidation sites excluding steroid dienone is 1. The van der Waals surface area contributed by atoms with Crippen molar-refractivity contribution in [2.75, 3.05) is 11.9 Å². The van der Waals surface area contributed by atoms with Gasteiger partial charge in [-0.3, -0.25) is 0 Å². The normalized spacial score (nSPS) is 17.9. The Morgan fingerprint density at radius 3 is 2.45 bits per heavy atom. The molecule has 3 rings (SSSR count). The lowest BCUT2D eigenvalue weighted by atomic mass is 10.0. The van der Waals surface area contributed by atoms with Crippen molar-refractivity contribution in [3.63, 3.8) is 0 Å². The smallest absolute Gasteiger partial charge is 0.212 e. The molecule has 0 saturated heterocycles. The molecule has 2 aromatic rings. The number of rotatable bonds is 2. The predicted molar refractivity (Wildman–Crippen MR) is 91.3 cm³/mol. The van der Waals surface area contributed by atoms with Crippen molar-refractivity contribution in [2.24, 2.45) is 7.05 Å². The molecule has 1 aromatic heterocycles. The average Bonchev–Trinajstić information content (AvgIpc) is 2.74. The second-order valence-corrected chi connectivity index (χ2v) is 6.08. The minimum atomic E-state index is 0.346. The largest absolute Gasteiger partial charge is 0.359 e. The van der Waals surface area contributed by atoms with Crippen LogP contribution in [0, 0.1) is 6.92 Å². The summed E-state index contributed by atoms with van der Waals surface area (Å²) in [6.07, 6.45) is 4.65. The predicted octanol–water partition coefficient (Wildman–Crippen LogP) is 3.45. The Morgan fingerprint density at radius 2 is 1.82 bits per heavy atom. The van der Waals surface area contributed by atoms with Crippen LogP contribution in [0.5, 0.6) is 0 Å². The van der Waals surface area contributed by atoms with Crippen LogP contribution in [-0.2, 0) is 7.05 Å². The van der Waals surface area contributed by atoms with E-state index in [1.807, 2.05) is 0 Å². The Labute approximate surface area is 133 Å². The molecule has 0 saturated carbocycles. The number of anilines is 1. The van der Waals surface area contributed by atoms with Crippen LogP contribution in [0.4, 0.5) is 5.69 Å². The molecule has 0 unspecified atom stereocenters. The van der Waals surface area contributed by atoms with Gasteiger partial charge in [-0.05, 0) is 44.5 Å². The van der Waals surface area contributed by atoms with E-state index in [1.54, 1.807) is 0 Å². The van der Waals surface area contributed by atoms with Gasteiger partial charge in [-0.25, -0.2) is 4.57 Å². The van der Waals surface area contributed by atoms with E-state index in [0.29, 0.717) is 6.17 Å². The van der Waals surface area contributed by atoms with Crippen LogP contribution in [-0.4, -0.2) is 18.1 Å². The fourth-order valence-corrected chi connectivity index (χ4v) is 3.30. The highest BCUT2D eigenvalue weighted by Crippen LogP contribution is 2.35. The molecule has 1 aliphatic rings. The highest BCUT2D eigenvalue weighted by atomic mass is 15.4. The summed E-state index contributed by atoms with van der Waals surface area (Å²) in [5.41, 5.74) is 6.41. The zero-order valence-corrected chi connectivity index (χ0v) is 14.0. The number of hydrogen-bond acceptors (Lipinski definition) is 2. The van der Waals surface area contributed by atoms with Crippen LogP contribution in [0.25, 0.3) is 11.3 Å². The zero-order valence-electron chi connectivity index (χ0n) is 14.0. The van der Waals surface area contributed by atoms with Crippen molar-refractivity contribution in [1.82, 2.24) is 4.90 Å². The van der Waals surface area contributed by atoms with Gasteiger partial charge < -0.3 is 9.80 Å². The molecule has 3 heteroatoms. The highest BCUT2D eigenvalue weighted by molar-refractivity contribution is 5.72. The maximum absolute atomic E-state index is 2.40. The second-order valence-electron chi connectivity index (χ2n) is 6.08. The molecular formula is C19H24N3+. The molecule has 0 fully saturated rings. The van der Waals surface area contributed by atoms with E-state index in [9.17, 15) is 0 Å². The SMILES string of the molecule is CC1=CN(C)[C@H](C)N1c1cccc(-c2cccc[n+]2C)c1C. The molecule has 114 valence electrons. The monoisotopic (exact) mass is 294 g/mol. The van der Waals surface area contributed by atoms with Crippen molar-refractivity contribution >= 4 is 5.69 Å². The lowest BCUT2D eigenvalue weighted by molar-refractivity contribution is -0.660. The summed E-state index contributed by atoms with van der Waals surface area (Å²) in [6.45, 7) is 6.63. The van der Waals surface area contributed by atoms with E-state index in [2.05, 4.69) is 98.0 Å². The lowest BCUT2D eigenvalue weighted by Gasteiger charge is -2.30. The summed E-state index contributed by atoms with van der Waals surface area (Å²) >= 11 is 0. The number of nitrogens with zero attached hydrogens (tertiary/aromatic N) is 3. The molecule has 0 aliphatic carbocycles. The van der Waals surface area contributed by atoms with Crippen LogP contribution < -0.4 is 9.47 Å². The van der Waals surface area contributed by atoms with E-state index >= 15 is 0 Å². The third-order valence-corrected chi connectivity index (χ3v) is 4.63. The first-order chi connectivity index (χ1) is 10.5. The fourth-order valence-electron chi connectivity index (χ4n) is 3.30. The van der Waals surface area contributed by atoms with Crippen molar-refractivity contribution in [1.29, 1.82) is 0 Å². The number of benzene rings is 1. The summed E-state index contributed by atoms with van der Waals surface area (Å²) in [5, 5.41) is 0. The van der Waals surface area contributed by atoms with Crippen molar-refractivity contribution in [3.05, 3.63) is 60.1 Å². The van der Waals surface area contributed by atoms with Crippen molar-refractivity contribution in [3.8, 4) is 11.3 Å². The Balaban J connectivity index is 2.12. The number of hydrogen-bond donors (Lipinski definition) is 0. The van der Waals surface area contributed by atoms with E-state index in [0.717, 1.165) is 0 Å².